The molecule has 0 fully saturated rings. The lowest BCUT2D eigenvalue weighted by molar-refractivity contribution is -0.112. The van der Waals surface area contributed by atoms with Gasteiger partial charge >= 0.3 is 5.63 Å². The Bertz CT molecular complexity index is 771. The Morgan fingerprint density at radius 2 is 2.19 bits per heavy atom. The molecule has 3 rings (SSSR count). The lowest BCUT2D eigenvalue weighted by atomic mass is 10.1. The first kappa shape index (κ1) is 9.03. The van der Waals surface area contributed by atoms with Gasteiger partial charge in [0.2, 0.25) is 0 Å². The van der Waals surface area contributed by atoms with E-state index in [4.69, 9.17) is 4.42 Å². The third kappa shape index (κ3) is 1.20. The highest BCUT2D eigenvalue weighted by Gasteiger charge is 2.09. The van der Waals surface area contributed by atoms with E-state index in [1.165, 1.54) is 6.08 Å². The van der Waals surface area contributed by atoms with Crippen LogP contribution < -0.4 is 16.3 Å². The van der Waals surface area contributed by atoms with E-state index in [-0.39, 0.29) is 12.2 Å². The zero-order valence-electron chi connectivity index (χ0n) is 8.27. The maximum absolute atomic E-state index is 11.6. The van der Waals surface area contributed by atoms with Gasteiger partial charge < -0.3 is 4.42 Å². The largest absolute Gasteiger partial charge is 0.422 e. The van der Waals surface area contributed by atoms with Gasteiger partial charge in [0.05, 0.1) is 10.9 Å². The van der Waals surface area contributed by atoms with Gasteiger partial charge in [-0.15, -0.1) is 0 Å². The summed E-state index contributed by atoms with van der Waals surface area (Å²) in [5.74, 6) is -0.00620. The van der Waals surface area contributed by atoms with Gasteiger partial charge in [0.25, 0.3) is 0 Å². The average molecular weight is 213 g/mol. The molecule has 0 aliphatic heterocycles. The molecule has 0 unspecified atom stereocenters. The monoisotopic (exact) mass is 213 g/mol. The molecule has 0 bridgehead atoms. The van der Waals surface area contributed by atoms with Crippen molar-refractivity contribution >= 4 is 28.8 Å². The molecule has 0 atom stereocenters. The van der Waals surface area contributed by atoms with Crippen molar-refractivity contribution < 1.29 is 9.21 Å². The summed E-state index contributed by atoms with van der Waals surface area (Å²) in [5, 5.41) is 1.01. The van der Waals surface area contributed by atoms with Gasteiger partial charge in [-0.2, -0.15) is 0 Å². The highest BCUT2D eigenvalue weighted by molar-refractivity contribution is 6.10. The maximum Gasteiger partial charge on any atom is 0.345 e. The second-order valence-electron chi connectivity index (χ2n) is 3.59. The van der Waals surface area contributed by atoms with Crippen LogP contribution in [0, 0.1) is 0 Å². The number of fused-ring (bicyclic) bond motifs is 3. The molecule has 0 saturated carbocycles. The summed E-state index contributed by atoms with van der Waals surface area (Å²) < 4.78 is 5.13. The van der Waals surface area contributed by atoms with Crippen molar-refractivity contribution in [3.05, 3.63) is 39.4 Å². The number of hydrogen-bond donors (Lipinski definition) is 0. The molecule has 0 radical (unpaired) electrons. The Morgan fingerprint density at radius 1 is 1.31 bits per heavy atom. The number of hydrogen-bond acceptors (Lipinski definition) is 4. The van der Waals surface area contributed by atoms with E-state index in [0.29, 0.717) is 21.5 Å². The van der Waals surface area contributed by atoms with Crippen LogP contribution in [0.5, 0.6) is 0 Å². The molecule has 78 valence electrons. The molecule has 0 saturated heterocycles. The Morgan fingerprint density at radius 3 is 3.06 bits per heavy atom. The van der Waals surface area contributed by atoms with Crippen molar-refractivity contribution in [2.75, 3.05) is 0 Å². The normalized spacial score (nSPS) is 14.1. The summed E-state index contributed by atoms with van der Waals surface area (Å²) in [4.78, 5) is 27.1. The zero-order valence-corrected chi connectivity index (χ0v) is 8.27. The van der Waals surface area contributed by atoms with Gasteiger partial charge in [0.15, 0.2) is 5.78 Å². The highest BCUT2D eigenvalue weighted by atomic mass is 16.4. The number of rotatable bonds is 0. The predicted octanol–water partition coefficient (Wildman–Crippen LogP) is -0.278. The average Bonchev–Trinajstić information content (AvgIpc) is 2.31. The summed E-state index contributed by atoms with van der Waals surface area (Å²) in [6.07, 6.45) is 4.96. The second kappa shape index (κ2) is 3.13. The number of ketones is 1. The molecule has 1 aliphatic carbocycles. The van der Waals surface area contributed by atoms with Crippen LogP contribution in [-0.4, -0.2) is 10.8 Å². The van der Waals surface area contributed by atoms with E-state index >= 15 is 0 Å². The summed E-state index contributed by atoms with van der Waals surface area (Å²) in [6, 6.07) is 3.31. The van der Waals surface area contributed by atoms with E-state index in [9.17, 15) is 9.59 Å². The van der Waals surface area contributed by atoms with Crippen molar-refractivity contribution in [3.63, 3.8) is 0 Å². The number of carbonyl (C=O) groups excluding carboxylic acids is 1. The van der Waals surface area contributed by atoms with E-state index in [1.807, 2.05) is 0 Å². The van der Waals surface area contributed by atoms with E-state index in [0.717, 1.165) is 0 Å². The Kier molecular flexibility index (Phi) is 1.77. The van der Waals surface area contributed by atoms with Crippen LogP contribution >= 0.6 is 0 Å². The highest BCUT2D eigenvalue weighted by Crippen LogP contribution is 2.00. The molecule has 1 aliphatic rings. The molecule has 2 aromatic heterocycles. The summed E-state index contributed by atoms with van der Waals surface area (Å²) >= 11 is 0. The van der Waals surface area contributed by atoms with Crippen molar-refractivity contribution in [1.29, 1.82) is 0 Å². The van der Waals surface area contributed by atoms with Crippen LogP contribution in [0.1, 0.15) is 6.42 Å². The number of Topliss-reactive ketones (excluding diaryl/α,β-unsaturated/α-hetero) is 1. The molecule has 2 heterocycles. The molecule has 4 heteroatoms. The Balaban J connectivity index is 2.68. The topological polar surface area (TPSA) is 60.2 Å². The van der Waals surface area contributed by atoms with Gasteiger partial charge in [-0.3, -0.25) is 9.78 Å². The van der Waals surface area contributed by atoms with Crippen LogP contribution in [0.2, 0.25) is 0 Å². The SMILES string of the molecule is O=C1C=c2c(oc(=O)c3cccnc23)=CC1. The fourth-order valence-corrected chi connectivity index (χ4v) is 1.82. The van der Waals surface area contributed by atoms with Crippen molar-refractivity contribution in [2.45, 2.75) is 6.42 Å². The molecule has 0 N–H and O–H groups in total. The lowest BCUT2D eigenvalue weighted by Crippen LogP contribution is -2.34. The smallest absolute Gasteiger partial charge is 0.345 e. The van der Waals surface area contributed by atoms with Crippen molar-refractivity contribution in [1.82, 2.24) is 4.98 Å². The summed E-state index contributed by atoms with van der Waals surface area (Å²) in [6.45, 7) is 0. The number of aromatic nitrogens is 1. The van der Waals surface area contributed by atoms with Gasteiger partial charge in [-0.05, 0) is 24.3 Å². The van der Waals surface area contributed by atoms with Crippen LogP contribution in [0.3, 0.4) is 0 Å². The molecule has 16 heavy (non-hydrogen) atoms. The maximum atomic E-state index is 11.6. The molecule has 0 amide bonds. The van der Waals surface area contributed by atoms with Crippen LogP contribution in [0.15, 0.2) is 27.5 Å². The Hall–Kier alpha value is -2.23. The number of nitrogens with zero attached hydrogens (tertiary/aromatic N) is 1. The first-order chi connectivity index (χ1) is 7.75. The fourth-order valence-electron chi connectivity index (χ4n) is 1.82. The van der Waals surface area contributed by atoms with Crippen LogP contribution in [-0.2, 0) is 4.79 Å². The second-order valence-corrected chi connectivity index (χ2v) is 3.59. The summed E-state index contributed by atoms with van der Waals surface area (Å²) in [7, 11) is 0. The predicted molar refractivity (Wildman–Crippen MR) is 58.1 cm³/mol. The molecule has 0 spiro atoms. The fraction of sp³-hybridized carbons (Fsp3) is 0.0833. The standard InChI is InChI=1S/C12H7NO3/c14-7-3-4-10-9(6-7)11-8(12(15)16-10)2-1-5-13-11/h1-2,4-6H,3H2. The van der Waals surface area contributed by atoms with E-state index < -0.39 is 5.63 Å². The zero-order chi connectivity index (χ0) is 11.1. The van der Waals surface area contributed by atoms with Gasteiger partial charge in [-0.1, -0.05) is 0 Å². The van der Waals surface area contributed by atoms with E-state index in [2.05, 4.69) is 4.98 Å². The first-order valence-electron chi connectivity index (χ1n) is 4.88. The number of carbonyl (C=O) groups is 1. The quantitative estimate of drug-likeness (QED) is 0.604. The van der Waals surface area contributed by atoms with Gasteiger partial charge in [0, 0.05) is 17.8 Å². The third-order valence-corrected chi connectivity index (χ3v) is 2.54. The van der Waals surface area contributed by atoms with E-state index in [1.54, 1.807) is 24.4 Å². The third-order valence-electron chi connectivity index (χ3n) is 2.54. The minimum Gasteiger partial charge on any atom is -0.422 e. The molecular weight excluding hydrogens is 206 g/mol. The molecular formula is C12H7NO3. The van der Waals surface area contributed by atoms with Crippen LogP contribution in [0.25, 0.3) is 23.1 Å². The summed E-state index contributed by atoms with van der Waals surface area (Å²) in [5.41, 5.74) is 0.551. The minimum absolute atomic E-state index is 0.00620. The molecule has 4 nitrogen and oxygen atoms in total. The number of pyridine rings is 1. The molecule has 0 aromatic carbocycles. The molecule has 2 aromatic rings. The van der Waals surface area contributed by atoms with Gasteiger partial charge in [0.1, 0.15) is 5.42 Å². The van der Waals surface area contributed by atoms with Crippen molar-refractivity contribution in [2.24, 2.45) is 0 Å². The lowest BCUT2D eigenvalue weighted by Gasteiger charge is -2.01. The van der Waals surface area contributed by atoms with Crippen molar-refractivity contribution in [3.8, 4) is 0 Å². The minimum atomic E-state index is -0.416. The van der Waals surface area contributed by atoms with Gasteiger partial charge in [-0.25, -0.2) is 4.79 Å². The Labute approximate surface area is 89.5 Å². The first-order valence-corrected chi connectivity index (χ1v) is 4.88. The van der Waals surface area contributed by atoms with Crippen LogP contribution in [0.4, 0.5) is 0 Å².